The lowest BCUT2D eigenvalue weighted by Gasteiger charge is -2.47. The molecule has 8 heterocycles. The molecular weight excluding hydrogens is 1420 g/mol. The Hall–Kier alpha value is -3.50. The van der Waals surface area contributed by atoms with Crippen LogP contribution in [0, 0.1) is 0 Å². The van der Waals surface area contributed by atoms with Crippen LogP contribution in [0.3, 0.4) is 0 Å². The molecule has 8 fully saturated rings. The van der Waals surface area contributed by atoms with Crippen molar-refractivity contribution in [3.05, 3.63) is 137 Å². The summed E-state index contributed by atoms with van der Waals surface area (Å²) in [6.45, 7) is 72.5. The highest BCUT2D eigenvalue weighted by Crippen LogP contribution is 2.47. The lowest BCUT2D eigenvalue weighted by Crippen LogP contribution is -2.54. The fourth-order valence-electron chi connectivity index (χ4n) is 19.7. The van der Waals surface area contributed by atoms with Crippen LogP contribution < -0.4 is 0 Å². The maximum atomic E-state index is 6.63. The van der Waals surface area contributed by atoms with Crippen molar-refractivity contribution in [3.8, 4) is 0 Å². The molecule has 0 saturated carbocycles. The van der Waals surface area contributed by atoms with Crippen LogP contribution in [0.5, 0.6) is 0 Å². The molecule has 0 spiro atoms. The van der Waals surface area contributed by atoms with Gasteiger partial charge in [0.25, 0.3) is 0 Å². The Morgan fingerprint density at radius 3 is 0.693 bits per heavy atom. The zero-order valence-corrected chi connectivity index (χ0v) is 77.4. The van der Waals surface area contributed by atoms with Gasteiger partial charge in [-0.15, -0.1) is 0 Å². The van der Waals surface area contributed by atoms with Crippen LogP contribution >= 0.6 is 0 Å². The van der Waals surface area contributed by atoms with E-state index in [1.165, 1.54) is 12.8 Å². The molecule has 11 rings (SSSR count). The Kier molecular flexibility index (Phi) is 30.5. The number of unbranched alkanes of at least 4 members (excludes halogenated alkanes) is 2. The maximum absolute atomic E-state index is 6.63. The van der Waals surface area contributed by atoms with E-state index in [1.54, 1.807) is 0 Å². The largest absolute Gasteiger partial charge is 0.494 e. The second kappa shape index (κ2) is 36.3. The first kappa shape index (κ1) is 96.0. The van der Waals surface area contributed by atoms with Crippen molar-refractivity contribution >= 4 is 73.4 Å². The Morgan fingerprint density at radius 2 is 0.447 bits per heavy atom. The summed E-state index contributed by atoms with van der Waals surface area (Å²) in [5, 5.41) is 0. The van der Waals surface area contributed by atoms with Gasteiger partial charge in [0.2, 0.25) is 0 Å². The topological polar surface area (TPSA) is 148 Å². The predicted octanol–water partition coefficient (Wildman–Crippen LogP) is 22.0. The zero-order valence-electron chi connectivity index (χ0n) is 77.4. The van der Waals surface area contributed by atoms with Crippen LogP contribution in [0.25, 0.3) is 16.4 Å². The van der Waals surface area contributed by atoms with E-state index in [2.05, 4.69) is 284 Å². The minimum Gasteiger partial charge on any atom is -0.403 e. The van der Waals surface area contributed by atoms with Gasteiger partial charge in [0, 0.05) is 51.4 Å². The summed E-state index contributed by atoms with van der Waals surface area (Å²) >= 11 is 0. The molecule has 3 aromatic carbocycles. The van der Waals surface area contributed by atoms with Gasteiger partial charge in [-0.1, -0.05) is 148 Å². The molecule has 8 aliphatic heterocycles. The smallest absolute Gasteiger partial charge is 0.403 e. The van der Waals surface area contributed by atoms with Crippen LogP contribution in [-0.2, 0) is 74.5 Å². The molecule has 0 aliphatic carbocycles. The first-order chi connectivity index (χ1) is 52.0. The van der Waals surface area contributed by atoms with Crippen molar-refractivity contribution in [2.24, 2.45) is 0 Å². The minimum absolute atomic E-state index is 0.215. The van der Waals surface area contributed by atoms with Gasteiger partial charge in [-0.3, -0.25) is 0 Å². The fraction of sp³-hybridized carbons (Fsp3) is 0.711. The Morgan fingerprint density at radius 1 is 0.237 bits per heavy atom. The molecule has 8 saturated heterocycles. The predicted molar refractivity (Wildman–Crippen MR) is 475 cm³/mol. The highest BCUT2D eigenvalue weighted by atomic mass is 16.7. The molecule has 0 atom stereocenters. The molecular formula is C90H148B8O16. The summed E-state index contributed by atoms with van der Waals surface area (Å²) < 4.78 is 102. The summed E-state index contributed by atoms with van der Waals surface area (Å²) in [4.78, 5) is 0. The monoisotopic (exact) mass is 1570 g/mol. The van der Waals surface area contributed by atoms with Gasteiger partial charge in [0.1, 0.15) is 0 Å². The maximum Gasteiger partial charge on any atom is 0.494 e. The standard InChI is InChI=1S/C28H38B2O4.C22H34B2O4.C21H40B2O4.C19H36B2O4/c1-25(2)19-26(3,4)32-29(31-25)23(21-15-11-9-12-16-21)24(22-17-13-10-14-18-22)30-33-27(5,6)20-28(7,8)34-30;1-19(2)15-20(3,4)26-23(25-19)14-18(17-12-10-9-11-13-17)24-27-21(5,6)16-22(7,8)28-24;1-10-11-12-13-17(23-26-20(6,7)16-21(8,9)27-23)14-22-24-18(2,3)15-19(4,5)25-22;1-10-11-15(21-24-18(6,7)14-19(8,9)25-21)12-20-22-16(2,3)13-17(4,5)23-20/h9-18H,19-20H2,1-8H3;9-14H,15-16H2,1-8H3;14H,10-13,15-16H2,1-9H3;12H,10-11,13-14H2,1-9H3/b24-23-;;;. The molecule has 0 radical (unpaired) electrons. The second-order valence-electron chi connectivity index (χ2n) is 43.5. The van der Waals surface area contributed by atoms with Gasteiger partial charge >= 0.3 is 56.9 Å². The first-order valence-corrected chi connectivity index (χ1v) is 42.9. The van der Waals surface area contributed by atoms with Crippen LogP contribution in [0.4, 0.5) is 0 Å². The van der Waals surface area contributed by atoms with Gasteiger partial charge in [0.15, 0.2) is 0 Å². The number of allylic oxidation sites excluding steroid dienone is 2. The van der Waals surface area contributed by atoms with Crippen LogP contribution in [-0.4, -0.2) is 147 Å². The summed E-state index contributed by atoms with van der Waals surface area (Å²) in [5.41, 5.74) is 4.00. The summed E-state index contributed by atoms with van der Waals surface area (Å²) in [7, 11) is -3.54. The minimum atomic E-state index is -0.572. The third-order valence-corrected chi connectivity index (χ3v) is 21.2. The van der Waals surface area contributed by atoms with Gasteiger partial charge in [-0.2, -0.15) is 0 Å². The van der Waals surface area contributed by atoms with Crippen molar-refractivity contribution in [2.45, 2.75) is 415 Å². The normalized spacial score (nSPS) is 26.1. The van der Waals surface area contributed by atoms with E-state index in [4.69, 9.17) is 74.5 Å². The van der Waals surface area contributed by atoms with Crippen LogP contribution in [0.15, 0.2) is 120 Å². The number of benzene rings is 3. The highest BCUT2D eigenvalue weighted by molar-refractivity contribution is 6.82. The molecule has 3 aromatic rings. The zero-order chi connectivity index (χ0) is 85.2. The second-order valence-corrected chi connectivity index (χ2v) is 43.5. The van der Waals surface area contributed by atoms with Crippen LogP contribution in [0.2, 0.25) is 0 Å². The van der Waals surface area contributed by atoms with Crippen molar-refractivity contribution < 1.29 is 74.5 Å². The summed E-state index contributed by atoms with van der Waals surface area (Å²) in [5.74, 6) is 6.22. The summed E-state index contributed by atoms with van der Waals surface area (Å²) in [6.07, 6.45) is 13.1. The molecule has 0 unspecified atom stereocenters. The van der Waals surface area contributed by atoms with E-state index in [-0.39, 0.29) is 118 Å². The lowest BCUT2D eigenvalue weighted by atomic mass is 9.57. The molecule has 114 heavy (non-hydrogen) atoms. The molecule has 628 valence electrons. The van der Waals surface area contributed by atoms with E-state index in [9.17, 15) is 0 Å². The first-order valence-electron chi connectivity index (χ1n) is 42.9. The highest BCUT2D eigenvalue weighted by Gasteiger charge is 2.54. The Balaban J connectivity index is 0.000000192. The van der Waals surface area contributed by atoms with Gasteiger partial charge in [-0.05, 0) is 278 Å². The van der Waals surface area contributed by atoms with Crippen LogP contribution in [0.1, 0.15) is 342 Å². The van der Waals surface area contributed by atoms with Crippen molar-refractivity contribution in [1.29, 1.82) is 0 Å². The molecule has 8 aliphatic rings. The van der Waals surface area contributed by atoms with Crippen molar-refractivity contribution in [3.63, 3.8) is 0 Å². The van der Waals surface area contributed by atoms with E-state index < -0.39 is 28.5 Å². The van der Waals surface area contributed by atoms with E-state index in [0.29, 0.717) is 0 Å². The number of hydrogen-bond acceptors (Lipinski definition) is 16. The quantitative estimate of drug-likeness (QED) is 0.0716. The van der Waals surface area contributed by atoms with E-state index >= 15 is 0 Å². The van der Waals surface area contributed by atoms with Gasteiger partial charge in [0.05, 0.1) is 89.6 Å². The number of rotatable bonds is 17. The number of hydrogen-bond donors (Lipinski definition) is 0. The average Bonchev–Trinajstić information content (AvgIpc) is 1.30. The average molecular weight is 1570 g/mol. The van der Waals surface area contributed by atoms with Gasteiger partial charge < -0.3 is 74.5 Å². The third-order valence-electron chi connectivity index (χ3n) is 21.2. The Labute approximate surface area is 695 Å². The summed E-state index contributed by atoms with van der Waals surface area (Å²) in [6, 6.07) is 30.9. The molecule has 0 N–H and O–H groups in total. The molecule has 24 heteroatoms. The van der Waals surface area contributed by atoms with Crippen molar-refractivity contribution in [1.82, 2.24) is 0 Å². The molecule has 0 bridgehead atoms. The fourth-order valence-corrected chi connectivity index (χ4v) is 19.7. The molecule has 0 amide bonds. The van der Waals surface area contributed by atoms with E-state index in [0.717, 1.165) is 121 Å². The van der Waals surface area contributed by atoms with Crippen molar-refractivity contribution in [2.75, 3.05) is 0 Å². The Bertz CT molecular complexity index is 3540. The molecule has 0 aromatic heterocycles. The van der Waals surface area contributed by atoms with Gasteiger partial charge in [-0.25, -0.2) is 0 Å². The molecule has 16 nitrogen and oxygen atoms in total. The van der Waals surface area contributed by atoms with E-state index in [1.807, 2.05) is 60.6 Å². The third kappa shape index (κ3) is 30.0. The SMILES string of the molecule is CC1(C)CC(C)(C)OB(/C(=C(\B2OC(C)(C)CC(C)(C)O2)c2ccccc2)c2ccccc2)O1.CC1(C)CC(C)(C)OB(C=C(B2OC(C)(C)CC(C)(C)O2)c2ccccc2)O1.CCCC(=CB1OC(C)(C)CC(C)(C)O1)B1OC(C)(C)CC(C)(C)O1.CCCCCC(=CB1OC(C)(C)CC(C)(C)O1)B1OC(C)(C)CC(C)(C)O1. The lowest BCUT2D eigenvalue weighted by molar-refractivity contribution is -0.0761.